The lowest BCUT2D eigenvalue weighted by Gasteiger charge is -2.30. The van der Waals surface area contributed by atoms with Crippen molar-refractivity contribution in [1.29, 1.82) is 0 Å². The zero-order valence-electron chi connectivity index (χ0n) is 17.3. The number of piperidine rings is 1. The fraction of sp³-hybridized carbons (Fsp3) is 0.409. The first-order chi connectivity index (χ1) is 14.8. The van der Waals surface area contributed by atoms with Crippen molar-refractivity contribution in [2.24, 2.45) is 5.92 Å². The van der Waals surface area contributed by atoms with Crippen LogP contribution in [0.1, 0.15) is 30.9 Å². The number of ether oxygens (including phenoxy) is 1. The summed E-state index contributed by atoms with van der Waals surface area (Å²) in [6.45, 7) is 3.35. The van der Waals surface area contributed by atoms with Gasteiger partial charge >= 0.3 is 0 Å². The van der Waals surface area contributed by atoms with Gasteiger partial charge in [-0.2, -0.15) is 0 Å². The Bertz CT molecular complexity index is 986. The van der Waals surface area contributed by atoms with Crippen molar-refractivity contribution in [3.05, 3.63) is 64.4 Å². The number of rotatable bonds is 8. The molecule has 0 aromatic heterocycles. The van der Waals surface area contributed by atoms with Crippen molar-refractivity contribution in [1.82, 2.24) is 9.62 Å². The molecule has 31 heavy (non-hydrogen) atoms. The standard InChI is InChI=1S/C22H26ClFN2O4S/c1-2-30-18-8-6-16(7-9-18)14-25-22(27)17-10-12-26(13-11-17)31(28,29)15-19-20(23)4-3-5-21(19)24/h3-9,17H,2,10-15H2,1H3,(H,25,27). The number of sulfonamides is 1. The third-order valence-corrected chi connectivity index (χ3v) is 7.47. The molecule has 2 aromatic rings. The largest absolute Gasteiger partial charge is 0.494 e. The van der Waals surface area contributed by atoms with Crippen LogP contribution >= 0.6 is 11.6 Å². The first-order valence-electron chi connectivity index (χ1n) is 10.2. The van der Waals surface area contributed by atoms with E-state index in [1.165, 1.54) is 22.5 Å². The van der Waals surface area contributed by atoms with Crippen LogP contribution in [0, 0.1) is 11.7 Å². The average Bonchev–Trinajstić information content (AvgIpc) is 2.76. The van der Waals surface area contributed by atoms with Crippen LogP contribution in [-0.2, 0) is 27.1 Å². The fourth-order valence-corrected chi connectivity index (χ4v) is 5.46. The first kappa shape index (κ1) is 23.5. The Morgan fingerprint density at radius 3 is 2.48 bits per heavy atom. The van der Waals surface area contributed by atoms with Crippen molar-refractivity contribution in [3.8, 4) is 5.75 Å². The van der Waals surface area contributed by atoms with Gasteiger partial charge in [0.25, 0.3) is 0 Å². The van der Waals surface area contributed by atoms with E-state index in [0.717, 1.165) is 11.3 Å². The second-order valence-corrected chi connectivity index (χ2v) is 9.80. The summed E-state index contributed by atoms with van der Waals surface area (Å²) in [5.74, 6) is -0.704. The lowest BCUT2D eigenvalue weighted by atomic mass is 9.97. The van der Waals surface area contributed by atoms with E-state index >= 15 is 0 Å². The zero-order valence-corrected chi connectivity index (χ0v) is 18.9. The van der Waals surface area contributed by atoms with Crippen molar-refractivity contribution in [2.45, 2.75) is 32.1 Å². The first-order valence-corrected chi connectivity index (χ1v) is 12.2. The summed E-state index contributed by atoms with van der Waals surface area (Å²) in [5, 5.41) is 3.00. The van der Waals surface area contributed by atoms with Gasteiger partial charge in [0.2, 0.25) is 15.9 Å². The third kappa shape index (κ3) is 6.18. The molecule has 168 valence electrons. The highest BCUT2D eigenvalue weighted by Crippen LogP contribution is 2.26. The summed E-state index contributed by atoms with van der Waals surface area (Å²) in [5.41, 5.74) is 0.929. The number of carbonyl (C=O) groups excluding carboxylic acids is 1. The molecule has 6 nitrogen and oxygen atoms in total. The minimum absolute atomic E-state index is 0.0283. The monoisotopic (exact) mass is 468 g/mol. The Morgan fingerprint density at radius 1 is 1.19 bits per heavy atom. The normalized spacial score (nSPS) is 15.6. The number of nitrogens with one attached hydrogen (secondary N) is 1. The van der Waals surface area contributed by atoms with Gasteiger partial charge in [0.1, 0.15) is 11.6 Å². The van der Waals surface area contributed by atoms with Crippen LogP contribution in [0.2, 0.25) is 5.02 Å². The second kappa shape index (κ2) is 10.4. The van der Waals surface area contributed by atoms with Gasteiger partial charge in [0.05, 0.1) is 12.4 Å². The summed E-state index contributed by atoms with van der Waals surface area (Å²) in [7, 11) is -3.73. The smallest absolute Gasteiger partial charge is 0.223 e. The molecule has 9 heteroatoms. The van der Waals surface area contributed by atoms with Crippen molar-refractivity contribution in [2.75, 3.05) is 19.7 Å². The lowest BCUT2D eigenvalue weighted by molar-refractivity contribution is -0.126. The molecular formula is C22H26ClFN2O4S. The highest BCUT2D eigenvalue weighted by atomic mass is 35.5. The topological polar surface area (TPSA) is 75.7 Å². The van der Waals surface area contributed by atoms with Gasteiger partial charge in [-0.05, 0) is 49.6 Å². The van der Waals surface area contributed by atoms with E-state index < -0.39 is 21.6 Å². The summed E-state index contributed by atoms with van der Waals surface area (Å²) < 4.78 is 46.1. The zero-order chi connectivity index (χ0) is 22.4. The Kier molecular flexibility index (Phi) is 7.91. The van der Waals surface area contributed by atoms with E-state index in [4.69, 9.17) is 16.3 Å². The van der Waals surface area contributed by atoms with E-state index in [2.05, 4.69) is 5.32 Å². The number of amides is 1. The van der Waals surface area contributed by atoms with Crippen molar-refractivity contribution in [3.63, 3.8) is 0 Å². The van der Waals surface area contributed by atoms with E-state index in [1.54, 1.807) is 0 Å². The maximum Gasteiger partial charge on any atom is 0.223 e. The molecule has 1 saturated heterocycles. The molecule has 0 atom stereocenters. The number of benzene rings is 2. The summed E-state index contributed by atoms with van der Waals surface area (Å²) in [4.78, 5) is 12.5. The van der Waals surface area contributed by atoms with Crippen LogP contribution in [0.25, 0.3) is 0 Å². The molecule has 2 aromatic carbocycles. The molecular weight excluding hydrogens is 443 g/mol. The van der Waals surface area contributed by atoms with E-state index in [0.29, 0.717) is 26.0 Å². The molecule has 1 aliphatic rings. The average molecular weight is 469 g/mol. The number of carbonyl (C=O) groups is 1. The number of hydrogen-bond donors (Lipinski definition) is 1. The lowest BCUT2D eigenvalue weighted by Crippen LogP contribution is -2.43. The van der Waals surface area contributed by atoms with Gasteiger partial charge in [-0.25, -0.2) is 17.1 Å². The molecule has 1 N–H and O–H groups in total. The summed E-state index contributed by atoms with van der Waals surface area (Å²) in [6.07, 6.45) is 0.832. The molecule has 0 bridgehead atoms. The second-order valence-electron chi connectivity index (χ2n) is 7.42. The molecule has 3 rings (SSSR count). The van der Waals surface area contributed by atoms with Crippen molar-refractivity contribution < 1.29 is 22.3 Å². The predicted molar refractivity (Wildman–Crippen MR) is 118 cm³/mol. The van der Waals surface area contributed by atoms with Crippen LogP contribution in [0.15, 0.2) is 42.5 Å². The minimum Gasteiger partial charge on any atom is -0.494 e. The number of nitrogens with zero attached hydrogens (tertiary/aromatic N) is 1. The summed E-state index contributed by atoms with van der Waals surface area (Å²) >= 11 is 5.97. The SMILES string of the molecule is CCOc1ccc(CNC(=O)C2CCN(S(=O)(=O)Cc3c(F)cccc3Cl)CC2)cc1. The summed E-state index contributed by atoms with van der Waals surface area (Å²) in [6, 6.07) is 11.6. The molecule has 1 aliphatic heterocycles. The Morgan fingerprint density at radius 2 is 1.87 bits per heavy atom. The molecule has 1 fully saturated rings. The van der Waals surface area contributed by atoms with Gasteiger partial charge in [-0.3, -0.25) is 4.79 Å². The molecule has 0 radical (unpaired) electrons. The van der Waals surface area contributed by atoms with Crippen LogP contribution in [0.5, 0.6) is 5.75 Å². The third-order valence-electron chi connectivity index (χ3n) is 5.31. The van der Waals surface area contributed by atoms with Gasteiger partial charge < -0.3 is 10.1 Å². The molecule has 1 amide bonds. The Balaban J connectivity index is 1.50. The van der Waals surface area contributed by atoms with E-state index in [9.17, 15) is 17.6 Å². The van der Waals surface area contributed by atoms with Crippen LogP contribution < -0.4 is 10.1 Å². The van der Waals surface area contributed by atoms with E-state index in [-0.39, 0.29) is 35.5 Å². The van der Waals surface area contributed by atoms with Gasteiger partial charge in [-0.15, -0.1) is 0 Å². The maximum atomic E-state index is 14.0. The molecule has 0 unspecified atom stereocenters. The Labute approximate surface area is 187 Å². The van der Waals surface area contributed by atoms with Gasteiger partial charge in [0, 0.05) is 36.1 Å². The van der Waals surface area contributed by atoms with E-state index in [1.807, 2.05) is 31.2 Å². The molecule has 0 saturated carbocycles. The van der Waals surface area contributed by atoms with Gasteiger partial charge in [-0.1, -0.05) is 29.8 Å². The number of halogens is 2. The van der Waals surface area contributed by atoms with Gasteiger partial charge in [0.15, 0.2) is 0 Å². The highest BCUT2D eigenvalue weighted by Gasteiger charge is 2.32. The van der Waals surface area contributed by atoms with Crippen LogP contribution in [-0.4, -0.2) is 38.3 Å². The number of hydrogen-bond acceptors (Lipinski definition) is 4. The molecule has 1 heterocycles. The Hall–Kier alpha value is -2.16. The minimum atomic E-state index is -3.73. The fourth-order valence-electron chi connectivity index (χ4n) is 3.54. The van der Waals surface area contributed by atoms with Crippen LogP contribution in [0.4, 0.5) is 4.39 Å². The maximum absolute atomic E-state index is 14.0. The molecule has 0 aliphatic carbocycles. The van der Waals surface area contributed by atoms with Crippen LogP contribution in [0.3, 0.4) is 0 Å². The predicted octanol–water partition coefficient (Wildman–Crippen LogP) is 3.74. The molecule has 0 spiro atoms. The van der Waals surface area contributed by atoms with Crippen molar-refractivity contribution >= 4 is 27.5 Å². The highest BCUT2D eigenvalue weighted by molar-refractivity contribution is 7.88. The quantitative estimate of drug-likeness (QED) is 0.640.